The number of esters is 1. The number of aliphatic hydroxyl groups is 3. The van der Waals surface area contributed by atoms with Gasteiger partial charge >= 0.3 is 5.97 Å². The van der Waals surface area contributed by atoms with Crippen molar-refractivity contribution < 1.29 is 34.7 Å². The molecule has 0 aromatic heterocycles. The standard InChI is InChI=1S/C19H24O7/c1-11-5-3-7-14(20)18(23)15(21)8-4-6-12-9-13(25-2)10-16(22)17(12)19(24)26-11/h3-4,6-7,9-11,14-15,18,20-23H,5,8H2,1-2H3/b6-4+,7-3+/t11-,14-,15?,18+/m0/s1. The number of hydrogen-bond acceptors (Lipinski definition) is 7. The summed E-state index contributed by atoms with van der Waals surface area (Å²) >= 11 is 0. The molecule has 26 heavy (non-hydrogen) atoms. The first-order chi connectivity index (χ1) is 12.3. The van der Waals surface area contributed by atoms with E-state index in [4.69, 9.17) is 9.47 Å². The number of benzene rings is 1. The van der Waals surface area contributed by atoms with E-state index in [0.29, 0.717) is 17.7 Å². The predicted molar refractivity (Wildman–Crippen MR) is 95.0 cm³/mol. The largest absolute Gasteiger partial charge is 0.507 e. The molecular formula is C19H24O7. The molecule has 0 aliphatic carbocycles. The van der Waals surface area contributed by atoms with Gasteiger partial charge in [0, 0.05) is 12.5 Å². The number of methoxy groups -OCH3 is 1. The molecule has 0 fully saturated rings. The molecule has 1 heterocycles. The molecule has 1 unspecified atom stereocenters. The van der Waals surface area contributed by atoms with Crippen LogP contribution >= 0.6 is 0 Å². The van der Waals surface area contributed by atoms with Gasteiger partial charge in [0.2, 0.25) is 0 Å². The van der Waals surface area contributed by atoms with Crippen LogP contribution in [0, 0.1) is 0 Å². The van der Waals surface area contributed by atoms with Crippen molar-refractivity contribution in [2.75, 3.05) is 7.11 Å². The summed E-state index contributed by atoms with van der Waals surface area (Å²) in [5, 5.41) is 40.0. The lowest BCUT2D eigenvalue weighted by molar-refractivity contribution is -0.0394. The first-order valence-electron chi connectivity index (χ1n) is 8.32. The Morgan fingerprint density at radius 1 is 1.15 bits per heavy atom. The van der Waals surface area contributed by atoms with Gasteiger partial charge in [-0.15, -0.1) is 0 Å². The van der Waals surface area contributed by atoms with E-state index in [2.05, 4.69) is 0 Å². The predicted octanol–water partition coefficient (Wildman–Crippen LogP) is 1.39. The number of aromatic hydroxyl groups is 1. The van der Waals surface area contributed by atoms with Crippen molar-refractivity contribution in [3.63, 3.8) is 0 Å². The molecule has 0 spiro atoms. The number of phenolic OH excluding ortho intramolecular Hbond substituents is 1. The van der Waals surface area contributed by atoms with E-state index in [-0.39, 0.29) is 17.7 Å². The molecule has 1 aromatic rings. The fraction of sp³-hybridized carbons (Fsp3) is 0.421. The molecule has 142 valence electrons. The number of fused-ring (bicyclic) bond motifs is 1. The van der Waals surface area contributed by atoms with Gasteiger partial charge in [-0.3, -0.25) is 0 Å². The Hall–Kier alpha value is -2.35. The Morgan fingerprint density at radius 3 is 2.58 bits per heavy atom. The molecule has 0 bridgehead atoms. The van der Waals surface area contributed by atoms with Gasteiger partial charge in [0.25, 0.3) is 0 Å². The van der Waals surface area contributed by atoms with E-state index in [9.17, 15) is 25.2 Å². The van der Waals surface area contributed by atoms with Crippen molar-refractivity contribution in [1.82, 2.24) is 0 Å². The lowest BCUT2D eigenvalue weighted by Gasteiger charge is -2.20. The molecule has 7 nitrogen and oxygen atoms in total. The van der Waals surface area contributed by atoms with Crippen LogP contribution in [-0.4, -0.2) is 57.9 Å². The molecule has 2 rings (SSSR count). The Morgan fingerprint density at radius 2 is 1.88 bits per heavy atom. The third-order valence-corrected chi connectivity index (χ3v) is 4.09. The summed E-state index contributed by atoms with van der Waals surface area (Å²) in [5.74, 6) is -0.615. The van der Waals surface area contributed by atoms with Crippen LogP contribution < -0.4 is 4.74 Å². The summed E-state index contributed by atoms with van der Waals surface area (Å²) in [4.78, 5) is 12.5. The highest BCUT2D eigenvalue weighted by Crippen LogP contribution is 2.30. The van der Waals surface area contributed by atoms with Gasteiger partial charge in [-0.2, -0.15) is 0 Å². The van der Waals surface area contributed by atoms with Crippen molar-refractivity contribution in [3.8, 4) is 11.5 Å². The average Bonchev–Trinajstić information content (AvgIpc) is 2.59. The number of cyclic esters (lactones) is 1. The highest BCUT2D eigenvalue weighted by Gasteiger charge is 2.23. The van der Waals surface area contributed by atoms with E-state index in [1.54, 1.807) is 19.1 Å². The van der Waals surface area contributed by atoms with Gasteiger partial charge in [0.05, 0.1) is 13.2 Å². The van der Waals surface area contributed by atoms with Crippen LogP contribution in [0.25, 0.3) is 6.08 Å². The zero-order chi connectivity index (χ0) is 19.3. The van der Waals surface area contributed by atoms with Gasteiger partial charge in [-0.05, 0) is 25.0 Å². The normalized spacial score (nSPS) is 29.8. The molecule has 1 aromatic carbocycles. The zero-order valence-electron chi connectivity index (χ0n) is 14.7. The Bertz CT molecular complexity index is 695. The number of phenols is 1. The van der Waals surface area contributed by atoms with Crippen LogP contribution in [-0.2, 0) is 4.74 Å². The number of rotatable bonds is 1. The minimum absolute atomic E-state index is 0.00925. The molecule has 4 atom stereocenters. The zero-order valence-corrected chi connectivity index (χ0v) is 14.7. The number of aliphatic hydroxyl groups excluding tert-OH is 3. The van der Waals surface area contributed by atoms with Crippen LogP contribution in [0.5, 0.6) is 11.5 Å². The molecular weight excluding hydrogens is 340 g/mol. The van der Waals surface area contributed by atoms with Crippen LogP contribution in [0.2, 0.25) is 0 Å². The molecule has 1 aliphatic rings. The molecule has 0 amide bonds. The maximum absolute atomic E-state index is 12.5. The third-order valence-electron chi connectivity index (χ3n) is 4.09. The van der Waals surface area contributed by atoms with E-state index in [1.807, 2.05) is 0 Å². The molecule has 1 aliphatic heterocycles. The number of carbonyl (C=O) groups excluding carboxylic acids is 1. The van der Waals surface area contributed by atoms with E-state index in [1.165, 1.54) is 31.4 Å². The lowest BCUT2D eigenvalue weighted by atomic mass is 10.0. The molecule has 7 heteroatoms. The van der Waals surface area contributed by atoms with Gasteiger partial charge in [0.15, 0.2) is 0 Å². The van der Waals surface area contributed by atoms with Crippen molar-refractivity contribution >= 4 is 12.0 Å². The number of hydrogen-bond donors (Lipinski definition) is 4. The lowest BCUT2D eigenvalue weighted by Crippen LogP contribution is -2.35. The minimum Gasteiger partial charge on any atom is -0.507 e. The summed E-state index contributed by atoms with van der Waals surface area (Å²) in [7, 11) is 1.43. The van der Waals surface area contributed by atoms with Crippen LogP contribution in [0.1, 0.15) is 35.7 Å². The molecule has 0 radical (unpaired) electrons. The van der Waals surface area contributed by atoms with Crippen molar-refractivity contribution in [3.05, 3.63) is 41.5 Å². The minimum atomic E-state index is -1.35. The van der Waals surface area contributed by atoms with Gasteiger partial charge in [-0.25, -0.2) is 4.79 Å². The summed E-state index contributed by atoms with van der Waals surface area (Å²) < 4.78 is 10.4. The van der Waals surface area contributed by atoms with Crippen LogP contribution in [0.4, 0.5) is 0 Å². The van der Waals surface area contributed by atoms with Crippen molar-refractivity contribution in [2.24, 2.45) is 0 Å². The highest BCUT2D eigenvalue weighted by atomic mass is 16.5. The molecule has 0 saturated carbocycles. The second-order valence-corrected chi connectivity index (χ2v) is 6.18. The average molecular weight is 364 g/mol. The molecule has 4 N–H and O–H groups in total. The second-order valence-electron chi connectivity index (χ2n) is 6.18. The van der Waals surface area contributed by atoms with Gasteiger partial charge in [-0.1, -0.05) is 24.3 Å². The summed E-state index contributed by atoms with van der Waals surface area (Å²) in [5.41, 5.74) is 0.346. The second kappa shape index (κ2) is 8.84. The monoisotopic (exact) mass is 364 g/mol. The fourth-order valence-corrected chi connectivity index (χ4v) is 2.61. The highest BCUT2D eigenvalue weighted by molar-refractivity contribution is 5.97. The van der Waals surface area contributed by atoms with E-state index in [0.717, 1.165) is 0 Å². The van der Waals surface area contributed by atoms with E-state index < -0.39 is 30.4 Å². The first-order valence-corrected chi connectivity index (χ1v) is 8.32. The number of carbonyl (C=O) groups is 1. The smallest absolute Gasteiger partial charge is 0.342 e. The van der Waals surface area contributed by atoms with Crippen LogP contribution in [0.15, 0.2) is 30.4 Å². The summed E-state index contributed by atoms with van der Waals surface area (Å²) in [6.45, 7) is 1.67. The van der Waals surface area contributed by atoms with Crippen molar-refractivity contribution in [1.29, 1.82) is 0 Å². The fourth-order valence-electron chi connectivity index (χ4n) is 2.61. The maximum atomic E-state index is 12.5. The Labute approximate surface area is 151 Å². The van der Waals surface area contributed by atoms with E-state index >= 15 is 0 Å². The quantitative estimate of drug-likeness (QED) is 0.439. The third kappa shape index (κ3) is 4.85. The van der Waals surface area contributed by atoms with Gasteiger partial charge < -0.3 is 29.9 Å². The van der Waals surface area contributed by atoms with Crippen LogP contribution in [0.3, 0.4) is 0 Å². The maximum Gasteiger partial charge on any atom is 0.342 e. The molecule has 0 saturated heterocycles. The first kappa shape index (κ1) is 20.0. The summed E-state index contributed by atoms with van der Waals surface area (Å²) in [6, 6.07) is 2.87. The Balaban J connectivity index is 2.44. The topological polar surface area (TPSA) is 116 Å². The van der Waals surface area contributed by atoms with Crippen molar-refractivity contribution in [2.45, 2.75) is 44.2 Å². The Kier molecular flexibility index (Phi) is 6.79. The summed E-state index contributed by atoms with van der Waals surface area (Å²) in [6.07, 6.45) is 2.00. The number of ether oxygens (including phenoxy) is 2. The van der Waals surface area contributed by atoms with Gasteiger partial charge in [0.1, 0.15) is 35.4 Å². The SMILES string of the molecule is COc1cc(O)c2c(c1)/C=C/CC(O)[C@H](O)[C@@H](O)/C=C/C[C@H](C)OC2=O.